The van der Waals surface area contributed by atoms with E-state index in [-0.39, 0.29) is 5.91 Å². The molecule has 0 spiro atoms. The monoisotopic (exact) mass is 328 g/mol. The molecule has 2 aromatic carbocycles. The number of carbonyl (C=O) groups excluding carboxylic acids is 1. The largest absolute Gasteiger partial charge is 0.496 e. The minimum absolute atomic E-state index is 0.306. The molecular weight excluding hydrogens is 316 g/mol. The normalized spacial score (nSPS) is 10.3. The lowest BCUT2D eigenvalue weighted by Crippen LogP contribution is -2.13. The predicted octanol–water partition coefficient (Wildman–Crippen LogP) is 3.39. The molecule has 1 aromatic heterocycles. The van der Waals surface area contributed by atoms with Gasteiger partial charge >= 0.3 is 0 Å². The Morgan fingerprint density at radius 3 is 2.87 bits per heavy atom. The fourth-order valence-electron chi connectivity index (χ4n) is 2.14. The molecule has 23 heavy (non-hydrogen) atoms. The summed E-state index contributed by atoms with van der Waals surface area (Å²) >= 11 is 5.96. The van der Waals surface area contributed by atoms with Crippen molar-refractivity contribution >= 4 is 23.2 Å². The summed E-state index contributed by atoms with van der Waals surface area (Å²) in [6, 6.07) is 12.2. The molecule has 6 nitrogen and oxygen atoms in total. The van der Waals surface area contributed by atoms with Crippen LogP contribution in [0.4, 0.5) is 5.69 Å². The van der Waals surface area contributed by atoms with Gasteiger partial charge in [-0.15, -0.1) is 0 Å². The molecule has 0 radical (unpaired) electrons. The van der Waals surface area contributed by atoms with Crippen molar-refractivity contribution in [3.63, 3.8) is 0 Å². The summed E-state index contributed by atoms with van der Waals surface area (Å²) in [5.41, 5.74) is 1.81. The number of ether oxygens (including phenoxy) is 1. The summed E-state index contributed by atoms with van der Waals surface area (Å²) in [6.45, 7) is 0. The smallest absolute Gasteiger partial charge is 0.259 e. The molecule has 2 N–H and O–H groups in total. The fourth-order valence-corrected chi connectivity index (χ4v) is 2.32. The van der Waals surface area contributed by atoms with Gasteiger partial charge < -0.3 is 10.1 Å². The van der Waals surface area contributed by atoms with Crippen LogP contribution in [0.25, 0.3) is 11.4 Å². The molecule has 116 valence electrons. The lowest BCUT2D eigenvalue weighted by atomic mass is 10.1. The van der Waals surface area contributed by atoms with Crippen molar-refractivity contribution in [1.82, 2.24) is 15.2 Å². The number of nitrogens with zero attached hydrogens (tertiary/aromatic N) is 2. The van der Waals surface area contributed by atoms with Crippen LogP contribution >= 0.6 is 11.6 Å². The number of aromatic amines is 1. The van der Waals surface area contributed by atoms with Crippen LogP contribution in [0.15, 0.2) is 48.8 Å². The predicted molar refractivity (Wildman–Crippen MR) is 87.8 cm³/mol. The minimum Gasteiger partial charge on any atom is -0.496 e. The molecule has 1 heterocycles. The lowest BCUT2D eigenvalue weighted by Gasteiger charge is -2.10. The van der Waals surface area contributed by atoms with Crippen molar-refractivity contribution < 1.29 is 9.53 Å². The van der Waals surface area contributed by atoms with Gasteiger partial charge in [0.25, 0.3) is 5.91 Å². The summed E-state index contributed by atoms with van der Waals surface area (Å²) in [5, 5.41) is 9.88. The highest BCUT2D eigenvalue weighted by Crippen LogP contribution is 2.24. The third-order valence-electron chi connectivity index (χ3n) is 3.22. The zero-order chi connectivity index (χ0) is 16.2. The van der Waals surface area contributed by atoms with E-state index in [1.54, 1.807) is 30.3 Å². The molecule has 0 saturated carbocycles. The van der Waals surface area contributed by atoms with Gasteiger partial charge in [0.05, 0.1) is 12.7 Å². The number of anilines is 1. The van der Waals surface area contributed by atoms with Crippen LogP contribution in [-0.4, -0.2) is 28.2 Å². The third-order valence-corrected chi connectivity index (χ3v) is 3.45. The minimum atomic E-state index is -0.306. The molecule has 0 bridgehead atoms. The topological polar surface area (TPSA) is 79.9 Å². The van der Waals surface area contributed by atoms with E-state index in [4.69, 9.17) is 16.3 Å². The number of amides is 1. The van der Waals surface area contributed by atoms with Gasteiger partial charge in [-0.2, -0.15) is 5.10 Å². The Balaban J connectivity index is 1.86. The van der Waals surface area contributed by atoms with Gasteiger partial charge in [0, 0.05) is 16.3 Å². The first kappa shape index (κ1) is 15.1. The van der Waals surface area contributed by atoms with Gasteiger partial charge in [0.1, 0.15) is 12.1 Å². The molecule has 3 aromatic rings. The van der Waals surface area contributed by atoms with Crippen LogP contribution in [0.5, 0.6) is 5.75 Å². The highest BCUT2D eigenvalue weighted by Gasteiger charge is 2.13. The molecule has 0 atom stereocenters. The number of hydrogen-bond acceptors (Lipinski definition) is 4. The number of rotatable bonds is 4. The highest BCUT2D eigenvalue weighted by atomic mass is 35.5. The number of H-pyrrole nitrogens is 1. The molecule has 1 amide bonds. The van der Waals surface area contributed by atoms with Crippen LogP contribution in [0, 0.1) is 0 Å². The van der Waals surface area contributed by atoms with Gasteiger partial charge in [-0.3, -0.25) is 9.89 Å². The van der Waals surface area contributed by atoms with E-state index >= 15 is 0 Å². The van der Waals surface area contributed by atoms with Crippen LogP contribution in [-0.2, 0) is 0 Å². The third kappa shape index (κ3) is 3.32. The quantitative estimate of drug-likeness (QED) is 0.769. The summed E-state index contributed by atoms with van der Waals surface area (Å²) in [7, 11) is 1.50. The zero-order valence-corrected chi connectivity index (χ0v) is 13.0. The van der Waals surface area contributed by atoms with Crippen molar-refractivity contribution in [2.24, 2.45) is 0 Å². The van der Waals surface area contributed by atoms with E-state index in [0.717, 1.165) is 5.56 Å². The molecule has 0 unspecified atom stereocenters. The maximum Gasteiger partial charge on any atom is 0.259 e. The average molecular weight is 329 g/mol. The van der Waals surface area contributed by atoms with Crippen molar-refractivity contribution in [3.05, 3.63) is 59.4 Å². The number of halogens is 1. The maximum atomic E-state index is 12.5. The van der Waals surface area contributed by atoms with Gasteiger partial charge in [-0.1, -0.05) is 23.7 Å². The highest BCUT2D eigenvalue weighted by molar-refractivity contribution is 6.31. The van der Waals surface area contributed by atoms with Gasteiger partial charge in [-0.25, -0.2) is 4.98 Å². The van der Waals surface area contributed by atoms with Gasteiger partial charge in [0.2, 0.25) is 0 Å². The Hall–Kier alpha value is -2.86. The number of methoxy groups -OCH3 is 1. The number of hydrogen-bond donors (Lipinski definition) is 2. The Morgan fingerprint density at radius 2 is 2.13 bits per heavy atom. The summed E-state index contributed by atoms with van der Waals surface area (Å²) in [6.07, 6.45) is 1.43. The van der Waals surface area contributed by atoms with Crippen molar-refractivity contribution in [1.29, 1.82) is 0 Å². The first-order valence-corrected chi connectivity index (χ1v) is 7.16. The van der Waals surface area contributed by atoms with E-state index in [2.05, 4.69) is 20.5 Å². The van der Waals surface area contributed by atoms with Crippen LogP contribution in [0.3, 0.4) is 0 Å². The maximum absolute atomic E-state index is 12.5. The molecule has 0 fully saturated rings. The Bertz CT molecular complexity index is 834. The van der Waals surface area contributed by atoms with E-state index < -0.39 is 0 Å². The molecule has 0 aliphatic heterocycles. The number of nitrogens with one attached hydrogen (secondary N) is 2. The van der Waals surface area contributed by atoms with Gasteiger partial charge in [-0.05, 0) is 30.3 Å². The molecule has 0 saturated heterocycles. The molecule has 0 aliphatic rings. The fraction of sp³-hybridized carbons (Fsp3) is 0.0625. The molecular formula is C16H13ClN4O2. The zero-order valence-electron chi connectivity index (χ0n) is 12.2. The first-order valence-electron chi connectivity index (χ1n) is 6.78. The lowest BCUT2D eigenvalue weighted by molar-refractivity contribution is 0.102. The molecule has 0 aliphatic carbocycles. The number of benzene rings is 2. The Morgan fingerprint density at radius 1 is 1.26 bits per heavy atom. The Kier molecular flexibility index (Phi) is 4.25. The number of aromatic nitrogens is 3. The Labute approximate surface area is 137 Å². The van der Waals surface area contributed by atoms with Crippen molar-refractivity contribution in [2.45, 2.75) is 0 Å². The summed E-state index contributed by atoms with van der Waals surface area (Å²) < 4.78 is 5.20. The van der Waals surface area contributed by atoms with E-state index in [1.807, 2.05) is 12.1 Å². The second-order valence-electron chi connectivity index (χ2n) is 4.71. The average Bonchev–Trinajstić information content (AvgIpc) is 3.09. The standard InChI is InChI=1S/C16H13ClN4O2/c1-23-14-6-5-11(17)8-13(14)16(22)20-12-4-2-3-10(7-12)15-18-9-19-21-15/h2-9H,1H3,(H,20,22)(H,18,19,21). The second-order valence-corrected chi connectivity index (χ2v) is 5.15. The van der Waals surface area contributed by atoms with E-state index in [1.165, 1.54) is 13.4 Å². The molecule has 7 heteroatoms. The van der Waals surface area contributed by atoms with Crippen LogP contribution in [0.2, 0.25) is 5.02 Å². The number of carbonyl (C=O) groups is 1. The summed E-state index contributed by atoms with van der Waals surface area (Å²) in [4.78, 5) is 16.5. The SMILES string of the molecule is COc1ccc(Cl)cc1C(=O)Nc1cccc(-c2ncn[nH]2)c1. The summed E-state index contributed by atoms with van der Waals surface area (Å²) in [5.74, 6) is 0.777. The van der Waals surface area contributed by atoms with Gasteiger partial charge in [0.15, 0.2) is 5.82 Å². The van der Waals surface area contributed by atoms with E-state index in [9.17, 15) is 4.79 Å². The van der Waals surface area contributed by atoms with Crippen LogP contribution < -0.4 is 10.1 Å². The second kappa shape index (κ2) is 6.50. The van der Waals surface area contributed by atoms with Crippen LogP contribution in [0.1, 0.15) is 10.4 Å². The van der Waals surface area contributed by atoms with E-state index in [0.29, 0.717) is 27.8 Å². The van der Waals surface area contributed by atoms with Crippen molar-refractivity contribution in [3.8, 4) is 17.1 Å². The molecule has 3 rings (SSSR count). The first-order chi connectivity index (χ1) is 11.2. The van der Waals surface area contributed by atoms with Crippen molar-refractivity contribution in [2.75, 3.05) is 12.4 Å².